The molecule has 2 fully saturated rings. The Balaban J connectivity index is 1.72. The van der Waals surface area contributed by atoms with E-state index < -0.39 is 0 Å². The first-order chi connectivity index (χ1) is 10.7. The van der Waals surface area contributed by atoms with Crippen LogP contribution in [0.25, 0.3) is 0 Å². The molecular formula is C16H30N4O2. The molecule has 1 saturated heterocycles. The average Bonchev–Trinajstić information content (AvgIpc) is 3.04. The Kier molecular flexibility index (Phi) is 6.96. The minimum absolute atomic E-state index is 0.0135. The van der Waals surface area contributed by atoms with Crippen LogP contribution < -0.4 is 16.0 Å². The SMILES string of the molecule is CNCCCNC(=O)C1CCCN(C(=O)NC2CCCC2)C1. The summed E-state index contributed by atoms with van der Waals surface area (Å²) in [4.78, 5) is 26.3. The molecular weight excluding hydrogens is 280 g/mol. The van der Waals surface area contributed by atoms with Crippen LogP contribution in [0.4, 0.5) is 4.79 Å². The standard InChI is InChI=1S/C16H30N4O2/c1-17-9-5-10-18-15(21)13-6-4-11-20(12-13)16(22)19-14-7-2-3-8-14/h13-14,17H,2-12H2,1H3,(H,18,21)(H,19,22). The fourth-order valence-electron chi connectivity index (χ4n) is 3.33. The first-order valence-electron chi connectivity index (χ1n) is 8.68. The molecule has 0 radical (unpaired) electrons. The maximum atomic E-state index is 12.3. The lowest BCUT2D eigenvalue weighted by molar-refractivity contribution is -0.126. The summed E-state index contributed by atoms with van der Waals surface area (Å²) in [6.45, 7) is 2.92. The van der Waals surface area contributed by atoms with Gasteiger partial charge in [-0.05, 0) is 45.7 Å². The van der Waals surface area contributed by atoms with Gasteiger partial charge in [0, 0.05) is 25.7 Å². The van der Waals surface area contributed by atoms with E-state index in [0.717, 1.165) is 45.2 Å². The zero-order valence-electron chi connectivity index (χ0n) is 13.7. The summed E-state index contributed by atoms with van der Waals surface area (Å²) in [7, 11) is 1.91. The highest BCUT2D eigenvalue weighted by molar-refractivity contribution is 5.80. The average molecular weight is 310 g/mol. The van der Waals surface area contributed by atoms with E-state index in [4.69, 9.17) is 0 Å². The van der Waals surface area contributed by atoms with Crippen LogP contribution in [0.15, 0.2) is 0 Å². The van der Waals surface area contributed by atoms with Gasteiger partial charge in [0.15, 0.2) is 0 Å². The Bertz CT molecular complexity index is 369. The third-order valence-electron chi connectivity index (χ3n) is 4.66. The summed E-state index contributed by atoms with van der Waals surface area (Å²) in [5.41, 5.74) is 0. The molecule has 0 aromatic heterocycles. The quantitative estimate of drug-likeness (QED) is 0.643. The summed E-state index contributed by atoms with van der Waals surface area (Å²) in [6, 6.07) is 0.350. The van der Waals surface area contributed by atoms with Crippen LogP contribution in [0.3, 0.4) is 0 Å². The van der Waals surface area contributed by atoms with E-state index in [1.807, 2.05) is 11.9 Å². The molecule has 6 heteroatoms. The Morgan fingerprint density at radius 3 is 2.59 bits per heavy atom. The van der Waals surface area contributed by atoms with E-state index in [2.05, 4.69) is 16.0 Å². The minimum atomic E-state index is -0.0577. The van der Waals surface area contributed by atoms with Crippen molar-refractivity contribution in [2.75, 3.05) is 33.2 Å². The lowest BCUT2D eigenvalue weighted by Crippen LogP contribution is -2.50. The van der Waals surface area contributed by atoms with Crippen molar-refractivity contribution in [1.82, 2.24) is 20.9 Å². The predicted octanol–water partition coefficient (Wildman–Crippen LogP) is 1.08. The van der Waals surface area contributed by atoms with Gasteiger partial charge in [-0.25, -0.2) is 4.79 Å². The van der Waals surface area contributed by atoms with Crippen molar-refractivity contribution < 1.29 is 9.59 Å². The van der Waals surface area contributed by atoms with Crippen molar-refractivity contribution in [3.8, 4) is 0 Å². The monoisotopic (exact) mass is 310 g/mol. The maximum absolute atomic E-state index is 12.3. The summed E-state index contributed by atoms with van der Waals surface area (Å²) in [5, 5.41) is 9.16. The van der Waals surface area contributed by atoms with E-state index in [1.54, 1.807) is 0 Å². The largest absolute Gasteiger partial charge is 0.356 e. The van der Waals surface area contributed by atoms with Crippen molar-refractivity contribution in [3.05, 3.63) is 0 Å². The van der Waals surface area contributed by atoms with Gasteiger partial charge in [-0.2, -0.15) is 0 Å². The zero-order chi connectivity index (χ0) is 15.8. The third kappa shape index (κ3) is 5.16. The molecule has 1 saturated carbocycles. The van der Waals surface area contributed by atoms with Gasteiger partial charge < -0.3 is 20.9 Å². The highest BCUT2D eigenvalue weighted by Gasteiger charge is 2.29. The van der Waals surface area contributed by atoms with E-state index in [9.17, 15) is 9.59 Å². The Hall–Kier alpha value is -1.30. The van der Waals surface area contributed by atoms with Crippen LogP contribution >= 0.6 is 0 Å². The summed E-state index contributed by atoms with van der Waals surface area (Å²) >= 11 is 0. The van der Waals surface area contributed by atoms with Crippen molar-refractivity contribution >= 4 is 11.9 Å². The zero-order valence-corrected chi connectivity index (χ0v) is 13.7. The molecule has 6 nitrogen and oxygen atoms in total. The van der Waals surface area contributed by atoms with Gasteiger partial charge in [0.05, 0.1) is 5.92 Å². The molecule has 2 rings (SSSR count). The number of amides is 3. The lowest BCUT2D eigenvalue weighted by Gasteiger charge is -2.33. The number of hydrogen-bond acceptors (Lipinski definition) is 3. The summed E-state index contributed by atoms with van der Waals surface area (Å²) < 4.78 is 0. The van der Waals surface area contributed by atoms with Crippen molar-refractivity contribution in [1.29, 1.82) is 0 Å². The molecule has 3 N–H and O–H groups in total. The highest BCUT2D eigenvalue weighted by Crippen LogP contribution is 2.20. The molecule has 0 bridgehead atoms. The van der Waals surface area contributed by atoms with Crippen LogP contribution in [-0.4, -0.2) is 56.1 Å². The van der Waals surface area contributed by atoms with Crippen molar-refractivity contribution in [2.24, 2.45) is 5.92 Å². The molecule has 3 amide bonds. The lowest BCUT2D eigenvalue weighted by atomic mass is 9.97. The van der Waals surface area contributed by atoms with Crippen LogP contribution in [-0.2, 0) is 4.79 Å². The fraction of sp³-hybridized carbons (Fsp3) is 0.875. The van der Waals surface area contributed by atoms with E-state index in [1.165, 1.54) is 12.8 Å². The van der Waals surface area contributed by atoms with Gasteiger partial charge in [0.25, 0.3) is 0 Å². The fourth-order valence-corrected chi connectivity index (χ4v) is 3.33. The summed E-state index contributed by atoms with van der Waals surface area (Å²) in [5.74, 6) is 0.0344. The molecule has 2 aliphatic rings. The van der Waals surface area contributed by atoms with Crippen LogP contribution in [0.2, 0.25) is 0 Å². The van der Waals surface area contributed by atoms with Gasteiger partial charge >= 0.3 is 6.03 Å². The second-order valence-electron chi connectivity index (χ2n) is 6.46. The first kappa shape index (κ1) is 17.1. The molecule has 0 spiro atoms. The van der Waals surface area contributed by atoms with Gasteiger partial charge in [-0.1, -0.05) is 12.8 Å². The normalized spacial score (nSPS) is 22.6. The van der Waals surface area contributed by atoms with Crippen LogP contribution in [0.1, 0.15) is 44.9 Å². The number of hydrogen-bond donors (Lipinski definition) is 3. The number of rotatable bonds is 6. The summed E-state index contributed by atoms with van der Waals surface area (Å²) in [6.07, 6.45) is 7.33. The maximum Gasteiger partial charge on any atom is 0.317 e. The van der Waals surface area contributed by atoms with Gasteiger partial charge in [-0.3, -0.25) is 4.79 Å². The third-order valence-corrected chi connectivity index (χ3v) is 4.66. The Labute approximate surface area is 133 Å². The van der Waals surface area contributed by atoms with Crippen molar-refractivity contribution in [3.63, 3.8) is 0 Å². The number of likely N-dealkylation sites (tertiary alicyclic amines) is 1. The van der Waals surface area contributed by atoms with Gasteiger partial charge in [-0.15, -0.1) is 0 Å². The topological polar surface area (TPSA) is 73.5 Å². The number of urea groups is 1. The molecule has 1 heterocycles. The molecule has 126 valence electrons. The van der Waals surface area contributed by atoms with E-state index in [0.29, 0.717) is 19.1 Å². The highest BCUT2D eigenvalue weighted by atomic mass is 16.2. The molecule has 1 aliphatic heterocycles. The van der Waals surface area contributed by atoms with Crippen LogP contribution in [0.5, 0.6) is 0 Å². The smallest absolute Gasteiger partial charge is 0.317 e. The van der Waals surface area contributed by atoms with Crippen molar-refractivity contribution in [2.45, 2.75) is 51.0 Å². The Morgan fingerprint density at radius 2 is 1.86 bits per heavy atom. The second kappa shape index (κ2) is 8.98. The predicted molar refractivity (Wildman–Crippen MR) is 86.6 cm³/mol. The van der Waals surface area contributed by atoms with Crippen LogP contribution in [0, 0.1) is 5.92 Å². The number of carbonyl (C=O) groups excluding carboxylic acids is 2. The minimum Gasteiger partial charge on any atom is -0.356 e. The number of nitrogens with zero attached hydrogens (tertiary/aromatic N) is 1. The van der Waals surface area contributed by atoms with E-state index >= 15 is 0 Å². The molecule has 1 aliphatic carbocycles. The molecule has 0 aromatic rings. The number of piperidine rings is 1. The Morgan fingerprint density at radius 1 is 1.09 bits per heavy atom. The van der Waals surface area contributed by atoms with Gasteiger partial charge in [0.1, 0.15) is 0 Å². The molecule has 0 aromatic carbocycles. The number of nitrogens with one attached hydrogen (secondary N) is 3. The molecule has 1 unspecified atom stereocenters. The first-order valence-corrected chi connectivity index (χ1v) is 8.68. The van der Waals surface area contributed by atoms with Gasteiger partial charge in [0.2, 0.25) is 5.91 Å². The molecule has 1 atom stereocenters. The van der Waals surface area contributed by atoms with E-state index in [-0.39, 0.29) is 17.9 Å². The number of carbonyl (C=O) groups is 2. The second-order valence-corrected chi connectivity index (χ2v) is 6.46. The molecule has 22 heavy (non-hydrogen) atoms.